The zero-order valence-corrected chi connectivity index (χ0v) is 16.3. The van der Waals surface area contributed by atoms with E-state index < -0.39 is 5.97 Å². The number of likely N-dealkylation sites (N-methyl/N-ethyl adjacent to an activating group) is 1. The Balaban J connectivity index is 1.60. The number of anilines is 1. The maximum absolute atomic E-state index is 12.5. The molecular formula is C20H18N2O3S2. The molecule has 3 aromatic rings. The summed E-state index contributed by atoms with van der Waals surface area (Å²) < 4.78 is 5.25. The number of aromatic nitrogens is 1. The van der Waals surface area contributed by atoms with Crippen molar-refractivity contribution in [2.24, 2.45) is 0 Å². The van der Waals surface area contributed by atoms with E-state index in [-0.39, 0.29) is 12.5 Å². The highest BCUT2D eigenvalue weighted by atomic mass is 32.2. The van der Waals surface area contributed by atoms with Gasteiger partial charge in [0.05, 0.1) is 16.8 Å². The summed E-state index contributed by atoms with van der Waals surface area (Å²) in [6, 6.07) is 16.4. The highest BCUT2D eigenvalue weighted by molar-refractivity contribution is 7.98. The van der Waals surface area contributed by atoms with Crippen LogP contribution < -0.4 is 4.90 Å². The lowest BCUT2D eigenvalue weighted by Gasteiger charge is -2.17. The zero-order valence-electron chi connectivity index (χ0n) is 14.7. The first-order valence-corrected chi connectivity index (χ1v) is 10.2. The molecule has 5 nitrogen and oxygen atoms in total. The normalized spacial score (nSPS) is 10.4. The standard InChI is InChI=1S/C20H18N2O3S2/c1-22(16-7-3-2-4-8-16)19(23)11-25-20(24)17-9-5-6-10-18(17)27-13-15-12-26-14-21-15/h2-10,12,14H,11,13H2,1H3. The third-order valence-electron chi connectivity index (χ3n) is 3.81. The number of amides is 1. The van der Waals surface area contributed by atoms with Crippen LogP contribution in [0.2, 0.25) is 0 Å². The van der Waals surface area contributed by atoms with Crippen LogP contribution in [0, 0.1) is 0 Å². The predicted octanol–water partition coefficient (Wildman–Crippen LogP) is 4.26. The summed E-state index contributed by atoms with van der Waals surface area (Å²) in [5.41, 5.74) is 3.95. The Morgan fingerprint density at radius 3 is 2.59 bits per heavy atom. The topological polar surface area (TPSA) is 59.5 Å². The third kappa shape index (κ3) is 5.18. The molecule has 0 aliphatic rings. The molecule has 0 atom stereocenters. The van der Waals surface area contributed by atoms with Gasteiger partial charge < -0.3 is 9.64 Å². The van der Waals surface area contributed by atoms with Crippen molar-refractivity contribution in [1.82, 2.24) is 4.98 Å². The van der Waals surface area contributed by atoms with Crippen LogP contribution in [0.1, 0.15) is 16.1 Å². The molecule has 0 radical (unpaired) electrons. The average Bonchev–Trinajstić information content (AvgIpc) is 3.24. The molecule has 0 aliphatic heterocycles. The van der Waals surface area contributed by atoms with Gasteiger partial charge in [0.15, 0.2) is 6.61 Å². The number of benzene rings is 2. The Labute approximate surface area is 166 Å². The number of esters is 1. The summed E-state index contributed by atoms with van der Waals surface area (Å²) >= 11 is 3.06. The first kappa shape index (κ1) is 19.1. The minimum absolute atomic E-state index is 0.290. The quantitative estimate of drug-likeness (QED) is 0.440. The molecule has 0 spiro atoms. The number of carbonyl (C=O) groups excluding carboxylic acids is 2. The molecule has 1 heterocycles. The van der Waals surface area contributed by atoms with Gasteiger partial charge in [-0.05, 0) is 24.3 Å². The molecule has 27 heavy (non-hydrogen) atoms. The van der Waals surface area contributed by atoms with Crippen LogP contribution in [-0.4, -0.2) is 30.5 Å². The number of para-hydroxylation sites is 1. The van der Waals surface area contributed by atoms with Crippen LogP contribution >= 0.6 is 23.1 Å². The van der Waals surface area contributed by atoms with Crippen LogP contribution in [0.15, 0.2) is 70.4 Å². The SMILES string of the molecule is CN(C(=O)COC(=O)c1ccccc1SCc1cscn1)c1ccccc1. The molecule has 1 aromatic heterocycles. The van der Waals surface area contributed by atoms with Gasteiger partial charge in [-0.2, -0.15) is 0 Å². The summed E-state index contributed by atoms with van der Waals surface area (Å²) in [4.78, 5) is 31.3. The Hall–Kier alpha value is -2.64. The second-order valence-corrected chi connectivity index (χ2v) is 7.36. The molecule has 0 fully saturated rings. The van der Waals surface area contributed by atoms with Crippen LogP contribution in [0.3, 0.4) is 0 Å². The van der Waals surface area contributed by atoms with Gasteiger partial charge in [0.25, 0.3) is 5.91 Å². The summed E-state index contributed by atoms with van der Waals surface area (Å²) in [6.45, 7) is -0.310. The van der Waals surface area contributed by atoms with E-state index in [0.717, 1.165) is 16.3 Å². The van der Waals surface area contributed by atoms with E-state index in [2.05, 4.69) is 4.98 Å². The van der Waals surface area contributed by atoms with Crippen molar-refractivity contribution < 1.29 is 14.3 Å². The van der Waals surface area contributed by atoms with E-state index in [1.165, 1.54) is 28.0 Å². The van der Waals surface area contributed by atoms with Crippen molar-refractivity contribution in [1.29, 1.82) is 0 Å². The van der Waals surface area contributed by atoms with E-state index in [4.69, 9.17) is 4.74 Å². The molecule has 2 aromatic carbocycles. The van der Waals surface area contributed by atoms with Gasteiger partial charge in [0.1, 0.15) is 0 Å². The largest absolute Gasteiger partial charge is 0.452 e. The van der Waals surface area contributed by atoms with Gasteiger partial charge >= 0.3 is 5.97 Å². The molecule has 0 aliphatic carbocycles. The zero-order chi connectivity index (χ0) is 19.1. The highest BCUT2D eigenvalue weighted by Gasteiger charge is 2.17. The van der Waals surface area contributed by atoms with Gasteiger partial charge in [-0.1, -0.05) is 30.3 Å². The summed E-state index contributed by atoms with van der Waals surface area (Å²) in [6.07, 6.45) is 0. The second kappa shape index (κ2) is 9.34. The van der Waals surface area contributed by atoms with Crippen molar-refractivity contribution in [3.63, 3.8) is 0 Å². The Kier molecular flexibility index (Phi) is 6.62. The van der Waals surface area contributed by atoms with Crippen LogP contribution in [0.25, 0.3) is 0 Å². The van der Waals surface area contributed by atoms with Crippen LogP contribution in [-0.2, 0) is 15.3 Å². The summed E-state index contributed by atoms with van der Waals surface area (Å²) in [5, 5.41) is 1.98. The molecule has 1 amide bonds. The molecule has 7 heteroatoms. The number of nitrogens with zero attached hydrogens (tertiary/aromatic N) is 2. The second-order valence-electron chi connectivity index (χ2n) is 5.63. The van der Waals surface area contributed by atoms with Crippen molar-refractivity contribution in [3.8, 4) is 0 Å². The van der Waals surface area contributed by atoms with E-state index >= 15 is 0 Å². The monoisotopic (exact) mass is 398 g/mol. The lowest BCUT2D eigenvalue weighted by Crippen LogP contribution is -2.31. The fourth-order valence-corrected chi connectivity index (χ4v) is 3.93. The van der Waals surface area contributed by atoms with Crippen molar-refractivity contribution in [3.05, 3.63) is 76.7 Å². The Bertz CT molecular complexity index is 899. The van der Waals surface area contributed by atoms with Gasteiger partial charge in [-0.25, -0.2) is 9.78 Å². The molecule has 0 unspecified atom stereocenters. The summed E-state index contributed by atoms with van der Waals surface area (Å²) in [5.74, 6) is -0.128. The first-order chi connectivity index (χ1) is 13.1. The van der Waals surface area contributed by atoms with Crippen molar-refractivity contribution in [2.45, 2.75) is 10.6 Å². The summed E-state index contributed by atoms with van der Waals surface area (Å²) in [7, 11) is 1.66. The fourth-order valence-electron chi connectivity index (χ4n) is 2.32. The van der Waals surface area contributed by atoms with Gasteiger partial charge in [-0.15, -0.1) is 23.1 Å². The van der Waals surface area contributed by atoms with Gasteiger partial charge in [0.2, 0.25) is 0 Å². The number of carbonyl (C=O) groups is 2. The van der Waals surface area contributed by atoms with Crippen molar-refractivity contribution >= 4 is 40.7 Å². The Morgan fingerprint density at radius 1 is 1.11 bits per heavy atom. The highest BCUT2D eigenvalue weighted by Crippen LogP contribution is 2.26. The minimum Gasteiger partial charge on any atom is -0.452 e. The molecule has 0 saturated heterocycles. The van der Waals surface area contributed by atoms with E-state index in [1.54, 1.807) is 24.7 Å². The maximum atomic E-state index is 12.5. The molecular weight excluding hydrogens is 380 g/mol. The number of hydrogen-bond donors (Lipinski definition) is 0. The number of ether oxygens (including phenoxy) is 1. The maximum Gasteiger partial charge on any atom is 0.339 e. The lowest BCUT2D eigenvalue weighted by molar-refractivity contribution is -0.121. The lowest BCUT2D eigenvalue weighted by atomic mass is 10.2. The first-order valence-electron chi connectivity index (χ1n) is 8.23. The van der Waals surface area contributed by atoms with Gasteiger partial charge in [-0.3, -0.25) is 4.79 Å². The number of thiazole rings is 1. The molecule has 3 rings (SSSR count). The smallest absolute Gasteiger partial charge is 0.339 e. The fraction of sp³-hybridized carbons (Fsp3) is 0.150. The number of rotatable bonds is 7. The van der Waals surface area contributed by atoms with E-state index in [0.29, 0.717) is 11.3 Å². The predicted molar refractivity (Wildman–Crippen MR) is 108 cm³/mol. The third-order valence-corrected chi connectivity index (χ3v) is 5.55. The molecule has 138 valence electrons. The Morgan fingerprint density at radius 2 is 1.85 bits per heavy atom. The average molecular weight is 399 g/mol. The molecule has 0 bridgehead atoms. The van der Waals surface area contributed by atoms with Crippen LogP contribution in [0.5, 0.6) is 0 Å². The number of thioether (sulfide) groups is 1. The van der Waals surface area contributed by atoms with Crippen molar-refractivity contribution in [2.75, 3.05) is 18.6 Å². The van der Waals surface area contributed by atoms with Crippen LogP contribution in [0.4, 0.5) is 5.69 Å². The minimum atomic E-state index is -0.508. The van der Waals surface area contributed by atoms with E-state index in [1.807, 2.05) is 47.8 Å². The number of hydrogen-bond acceptors (Lipinski definition) is 6. The molecule has 0 N–H and O–H groups in total. The molecule has 0 saturated carbocycles. The van der Waals surface area contributed by atoms with E-state index in [9.17, 15) is 9.59 Å². The van der Waals surface area contributed by atoms with Gasteiger partial charge in [0, 0.05) is 28.8 Å².